The predicted octanol–water partition coefficient (Wildman–Crippen LogP) is 1.65. The number of hydrogen-bond donors (Lipinski definition) is 1. The molecule has 3 rings (SSSR count). The number of hydrogen-bond acceptors (Lipinski definition) is 5. The SMILES string of the molecule is CCn1c(-c2ccc(S(=O)(=O)N3CCOCC3)cc2)n[nH]c1=S. The van der Waals surface area contributed by atoms with Gasteiger partial charge in [0.2, 0.25) is 10.0 Å². The zero-order valence-corrected chi connectivity index (χ0v) is 14.4. The van der Waals surface area contributed by atoms with Crippen molar-refractivity contribution >= 4 is 22.2 Å². The summed E-state index contributed by atoms with van der Waals surface area (Å²) >= 11 is 5.17. The summed E-state index contributed by atoms with van der Waals surface area (Å²) in [7, 11) is -3.47. The van der Waals surface area contributed by atoms with Crippen LogP contribution in [0.1, 0.15) is 6.92 Å². The topological polar surface area (TPSA) is 80.2 Å². The molecule has 1 fully saturated rings. The number of nitrogens with one attached hydrogen (secondary N) is 1. The van der Waals surface area contributed by atoms with E-state index in [-0.39, 0.29) is 4.90 Å². The minimum absolute atomic E-state index is 0.278. The van der Waals surface area contributed by atoms with Crippen molar-refractivity contribution in [1.82, 2.24) is 19.1 Å². The summed E-state index contributed by atoms with van der Waals surface area (Å²) in [6, 6.07) is 6.73. The fourth-order valence-electron chi connectivity index (χ4n) is 2.54. The van der Waals surface area contributed by atoms with Gasteiger partial charge in [-0.1, -0.05) is 0 Å². The molecule has 2 heterocycles. The number of H-pyrrole nitrogens is 1. The highest BCUT2D eigenvalue weighted by Gasteiger charge is 2.26. The molecule has 1 aliphatic rings. The normalized spacial score (nSPS) is 16.6. The Kier molecular flexibility index (Phi) is 4.62. The second-order valence-electron chi connectivity index (χ2n) is 5.14. The van der Waals surface area contributed by atoms with E-state index >= 15 is 0 Å². The number of morpholine rings is 1. The van der Waals surface area contributed by atoms with Crippen LogP contribution in [0.2, 0.25) is 0 Å². The maximum atomic E-state index is 12.6. The Hall–Kier alpha value is -1.55. The van der Waals surface area contributed by atoms with Crippen LogP contribution in [0, 0.1) is 4.77 Å². The second kappa shape index (κ2) is 6.52. The third-order valence-corrected chi connectivity index (χ3v) is 6.02. The van der Waals surface area contributed by atoms with Gasteiger partial charge in [-0.25, -0.2) is 8.42 Å². The fraction of sp³-hybridized carbons (Fsp3) is 0.429. The quantitative estimate of drug-likeness (QED) is 0.845. The van der Waals surface area contributed by atoms with Gasteiger partial charge in [0.05, 0.1) is 18.1 Å². The van der Waals surface area contributed by atoms with Crippen LogP contribution in [-0.4, -0.2) is 53.8 Å². The maximum absolute atomic E-state index is 12.6. The Morgan fingerprint density at radius 3 is 2.52 bits per heavy atom. The van der Waals surface area contributed by atoms with Gasteiger partial charge in [-0.15, -0.1) is 0 Å². The van der Waals surface area contributed by atoms with Gasteiger partial charge in [0.25, 0.3) is 0 Å². The zero-order valence-electron chi connectivity index (χ0n) is 12.7. The molecule has 0 radical (unpaired) electrons. The number of benzene rings is 1. The van der Waals surface area contributed by atoms with E-state index < -0.39 is 10.0 Å². The molecule has 0 saturated carbocycles. The summed E-state index contributed by atoms with van der Waals surface area (Å²) < 4.78 is 34.2. The van der Waals surface area contributed by atoms with Crippen LogP contribution in [0.15, 0.2) is 29.2 Å². The molecule has 7 nitrogen and oxygen atoms in total. The number of aromatic nitrogens is 3. The molecule has 0 spiro atoms. The maximum Gasteiger partial charge on any atom is 0.243 e. The number of nitrogens with zero attached hydrogens (tertiary/aromatic N) is 3. The standard InChI is InChI=1S/C14H18N4O3S2/c1-2-18-13(15-16-14(18)22)11-3-5-12(6-4-11)23(19,20)17-7-9-21-10-8-17/h3-6H,2,7-10H2,1H3,(H,16,22). The van der Waals surface area contributed by atoms with Crippen LogP contribution >= 0.6 is 12.2 Å². The molecule has 0 aliphatic carbocycles. The van der Waals surface area contributed by atoms with Gasteiger partial charge in [-0.05, 0) is 43.4 Å². The van der Waals surface area contributed by atoms with E-state index in [2.05, 4.69) is 10.2 Å². The van der Waals surface area contributed by atoms with Crippen molar-refractivity contribution < 1.29 is 13.2 Å². The largest absolute Gasteiger partial charge is 0.379 e. The first-order chi connectivity index (χ1) is 11.0. The first kappa shape index (κ1) is 16.3. The average molecular weight is 354 g/mol. The molecule has 1 aromatic carbocycles. The minimum atomic E-state index is -3.47. The Labute approximate surface area is 139 Å². The molecule has 0 unspecified atom stereocenters. The van der Waals surface area contributed by atoms with Crippen molar-refractivity contribution in [3.8, 4) is 11.4 Å². The monoisotopic (exact) mass is 354 g/mol. The molecule has 9 heteroatoms. The average Bonchev–Trinajstić information content (AvgIpc) is 2.96. The molecule has 1 aliphatic heterocycles. The molecule has 1 N–H and O–H groups in total. The molecular weight excluding hydrogens is 336 g/mol. The molecule has 0 atom stereocenters. The minimum Gasteiger partial charge on any atom is -0.379 e. The smallest absolute Gasteiger partial charge is 0.243 e. The van der Waals surface area contributed by atoms with E-state index in [1.54, 1.807) is 24.3 Å². The number of rotatable bonds is 4. The van der Waals surface area contributed by atoms with Gasteiger partial charge in [-0.2, -0.15) is 9.40 Å². The van der Waals surface area contributed by atoms with Crippen LogP contribution in [0.5, 0.6) is 0 Å². The van der Waals surface area contributed by atoms with Crippen molar-refractivity contribution in [3.63, 3.8) is 0 Å². The summed E-state index contributed by atoms with van der Waals surface area (Å²) in [5.74, 6) is 0.702. The molecular formula is C14H18N4O3S2. The Bertz CT molecular complexity index is 834. The van der Waals surface area contributed by atoms with Gasteiger partial charge >= 0.3 is 0 Å². The summed E-state index contributed by atoms with van der Waals surface area (Å²) in [6.07, 6.45) is 0. The molecule has 1 aromatic heterocycles. The van der Waals surface area contributed by atoms with Crippen molar-refractivity contribution in [2.45, 2.75) is 18.4 Å². The third-order valence-electron chi connectivity index (χ3n) is 3.79. The summed E-state index contributed by atoms with van der Waals surface area (Å²) in [5, 5.41) is 6.97. The van der Waals surface area contributed by atoms with Crippen LogP contribution < -0.4 is 0 Å². The van der Waals surface area contributed by atoms with Crippen LogP contribution in [0.25, 0.3) is 11.4 Å². The number of sulfonamides is 1. The number of ether oxygens (including phenoxy) is 1. The van der Waals surface area contributed by atoms with Crippen LogP contribution in [0.3, 0.4) is 0 Å². The lowest BCUT2D eigenvalue weighted by atomic mass is 10.2. The van der Waals surface area contributed by atoms with E-state index in [0.29, 0.717) is 43.4 Å². The van der Waals surface area contributed by atoms with Gasteiger partial charge in [0.1, 0.15) is 0 Å². The highest BCUT2D eigenvalue weighted by molar-refractivity contribution is 7.89. The molecule has 23 heavy (non-hydrogen) atoms. The van der Waals surface area contributed by atoms with E-state index in [4.69, 9.17) is 17.0 Å². The summed E-state index contributed by atoms with van der Waals surface area (Å²) in [4.78, 5) is 0.278. The number of aromatic amines is 1. The lowest BCUT2D eigenvalue weighted by Crippen LogP contribution is -2.40. The molecule has 0 bridgehead atoms. The Morgan fingerprint density at radius 1 is 1.26 bits per heavy atom. The predicted molar refractivity (Wildman–Crippen MR) is 88.1 cm³/mol. The first-order valence-corrected chi connectivity index (χ1v) is 9.22. The van der Waals surface area contributed by atoms with Crippen LogP contribution in [-0.2, 0) is 21.3 Å². The Morgan fingerprint density at radius 2 is 1.91 bits per heavy atom. The van der Waals surface area contributed by atoms with Crippen LogP contribution in [0.4, 0.5) is 0 Å². The van der Waals surface area contributed by atoms with Gasteiger partial charge in [0.15, 0.2) is 10.6 Å². The van der Waals surface area contributed by atoms with Gasteiger partial charge < -0.3 is 9.30 Å². The lowest BCUT2D eigenvalue weighted by molar-refractivity contribution is 0.0730. The van der Waals surface area contributed by atoms with Gasteiger partial charge in [0, 0.05) is 25.2 Å². The first-order valence-electron chi connectivity index (χ1n) is 7.37. The van der Waals surface area contributed by atoms with E-state index in [0.717, 1.165) is 5.56 Å². The summed E-state index contributed by atoms with van der Waals surface area (Å²) in [6.45, 7) is 4.31. The van der Waals surface area contributed by atoms with E-state index in [9.17, 15) is 8.42 Å². The van der Waals surface area contributed by atoms with Crippen molar-refractivity contribution in [3.05, 3.63) is 29.0 Å². The lowest BCUT2D eigenvalue weighted by Gasteiger charge is -2.26. The zero-order chi connectivity index (χ0) is 16.4. The molecule has 1 saturated heterocycles. The van der Waals surface area contributed by atoms with Crippen molar-refractivity contribution in [1.29, 1.82) is 0 Å². The van der Waals surface area contributed by atoms with E-state index in [1.165, 1.54) is 4.31 Å². The third kappa shape index (κ3) is 3.09. The van der Waals surface area contributed by atoms with Gasteiger partial charge in [-0.3, -0.25) is 5.10 Å². The highest BCUT2D eigenvalue weighted by atomic mass is 32.2. The molecule has 124 valence electrons. The van der Waals surface area contributed by atoms with Crippen molar-refractivity contribution in [2.24, 2.45) is 0 Å². The Balaban J connectivity index is 1.91. The van der Waals surface area contributed by atoms with E-state index in [1.807, 2.05) is 11.5 Å². The second-order valence-corrected chi connectivity index (χ2v) is 7.46. The van der Waals surface area contributed by atoms with Crippen molar-refractivity contribution in [2.75, 3.05) is 26.3 Å². The molecule has 0 amide bonds. The highest BCUT2D eigenvalue weighted by Crippen LogP contribution is 2.22. The summed E-state index contributed by atoms with van der Waals surface area (Å²) in [5.41, 5.74) is 0.820. The molecule has 2 aromatic rings. The fourth-order valence-corrected chi connectivity index (χ4v) is 4.21.